The van der Waals surface area contributed by atoms with Crippen molar-refractivity contribution in [3.05, 3.63) is 53.7 Å². The lowest BCUT2D eigenvalue weighted by Gasteiger charge is -2.25. The number of carbonyl (C=O) groups excluding carboxylic acids is 1. The number of furan rings is 1. The van der Waals surface area contributed by atoms with E-state index in [0.717, 1.165) is 37.8 Å². The first kappa shape index (κ1) is 19.2. The normalized spacial score (nSPS) is 17.3. The lowest BCUT2D eigenvalue weighted by molar-refractivity contribution is -0.129. The molecule has 3 rings (SSSR count). The zero-order valence-corrected chi connectivity index (χ0v) is 15.7. The molecule has 2 N–H and O–H groups in total. The van der Waals surface area contributed by atoms with Gasteiger partial charge in [0, 0.05) is 31.1 Å². The van der Waals surface area contributed by atoms with Crippen LogP contribution < -0.4 is 0 Å². The van der Waals surface area contributed by atoms with Gasteiger partial charge < -0.3 is 24.1 Å². The van der Waals surface area contributed by atoms with E-state index in [1.807, 2.05) is 10.8 Å². The number of aliphatic hydroxyl groups is 2. The monoisotopic (exact) mass is 373 g/mol. The third kappa shape index (κ3) is 4.24. The van der Waals surface area contributed by atoms with E-state index in [2.05, 4.69) is 11.9 Å². The first-order valence-corrected chi connectivity index (χ1v) is 9.53. The van der Waals surface area contributed by atoms with E-state index < -0.39 is 6.04 Å². The van der Waals surface area contributed by atoms with Crippen molar-refractivity contribution in [3.8, 4) is 0 Å². The molecule has 1 aliphatic rings. The Hall–Kier alpha value is -2.54. The number of carbonyl (C=O) groups is 1. The molecule has 1 aliphatic heterocycles. The van der Waals surface area contributed by atoms with E-state index in [1.54, 1.807) is 29.6 Å². The number of hydrogen-bond acceptors (Lipinski definition) is 5. The Bertz CT molecular complexity index is 779. The third-order valence-corrected chi connectivity index (χ3v) is 4.94. The topological polar surface area (TPSA) is 91.7 Å². The molecule has 3 heterocycles. The van der Waals surface area contributed by atoms with Crippen molar-refractivity contribution in [2.24, 2.45) is 0 Å². The van der Waals surface area contributed by atoms with E-state index in [4.69, 9.17) is 4.42 Å². The Morgan fingerprint density at radius 3 is 2.74 bits per heavy atom. The van der Waals surface area contributed by atoms with E-state index >= 15 is 0 Å². The van der Waals surface area contributed by atoms with Gasteiger partial charge in [0.05, 0.1) is 6.33 Å². The van der Waals surface area contributed by atoms with E-state index in [1.165, 1.54) is 0 Å². The molecule has 2 aromatic rings. The van der Waals surface area contributed by atoms with Gasteiger partial charge in [0.25, 0.3) is 5.91 Å². The van der Waals surface area contributed by atoms with Crippen molar-refractivity contribution < 1.29 is 19.4 Å². The van der Waals surface area contributed by atoms with Crippen molar-refractivity contribution in [1.82, 2.24) is 14.5 Å². The predicted octanol–water partition coefficient (Wildman–Crippen LogP) is 3.33. The Labute approximate surface area is 158 Å². The van der Waals surface area contributed by atoms with E-state index in [-0.39, 0.29) is 18.3 Å². The van der Waals surface area contributed by atoms with Crippen LogP contribution in [0.5, 0.6) is 0 Å². The maximum absolute atomic E-state index is 12.7. The van der Waals surface area contributed by atoms with E-state index in [9.17, 15) is 15.0 Å². The number of hydrogen-bond donors (Lipinski definition) is 2. The molecule has 0 aliphatic carbocycles. The molecule has 27 heavy (non-hydrogen) atoms. The highest BCUT2D eigenvalue weighted by Crippen LogP contribution is 2.40. The second kappa shape index (κ2) is 8.90. The van der Waals surface area contributed by atoms with Gasteiger partial charge in [-0.25, -0.2) is 4.98 Å². The van der Waals surface area contributed by atoms with Crippen LogP contribution in [0.4, 0.5) is 0 Å². The number of amides is 1. The fourth-order valence-electron chi connectivity index (χ4n) is 3.55. The van der Waals surface area contributed by atoms with Gasteiger partial charge >= 0.3 is 0 Å². The molecule has 0 radical (unpaired) electrons. The quantitative estimate of drug-likeness (QED) is 0.623. The molecule has 1 amide bonds. The summed E-state index contributed by atoms with van der Waals surface area (Å²) in [7, 11) is 0. The van der Waals surface area contributed by atoms with Gasteiger partial charge in [-0.15, -0.1) is 0 Å². The average molecular weight is 373 g/mol. The van der Waals surface area contributed by atoms with Crippen molar-refractivity contribution in [2.75, 3.05) is 6.54 Å². The van der Waals surface area contributed by atoms with Gasteiger partial charge in [0.2, 0.25) is 0 Å². The second-order valence-corrected chi connectivity index (χ2v) is 6.85. The van der Waals surface area contributed by atoms with Gasteiger partial charge in [-0.2, -0.15) is 0 Å². The van der Waals surface area contributed by atoms with Crippen LogP contribution in [-0.2, 0) is 17.9 Å². The minimum Gasteiger partial charge on any atom is -0.503 e. The standard InChI is InChI=1S/C20H27N3O4/c1-2-3-4-6-16-18(17-8-7-15(13-24)27-17)23(20(26)19(16)25)11-5-10-22-12-9-21-14-22/h7-9,12,14,18,24-25H,2-6,10-11,13H2,1H3. The summed E-state index contributed by atoms with van der Waals surface area (Å²) < 4.78 is 7.69. The first-order chi connectivity index (χ1) is 13.2. The summed E-state index contributed by atoms with van der Waals surface area (Å²) in [6, 6.07) is 3.09. The maximum Gasteiger partial charge on any atom is 0.289 e. The smallest absolute Gasteiger partial charge is 0.289 e. The fourth-order valence-corrected chi connectivity index (χ4v) is 3.55. The fraction of sp³-hybridized carbons (Fsp3) is 0.500. The Morgan fingerprint density at radius 2 is 2.07 bits per heavy atom. The Balaban J connectivity index is 1.78. The van der Waals surface area contributed by atoms with Gasteiger partial charge in [-0.1, -0.05) is 19.8 Å². The summed E-state index contributed by atoms with van der Waals surface area (Å²) >= 11 is 0. The average Bonchev–Trinajstić information content (AvgIpc) is 3.40. The molecule has 0 aromatic carbocycles. The highest BCUT2D eigenvalue weighted by molar-refractivity contribution is 5.95. The molecule has 146 valence electrons. The van der Waals surface area contributed by atoms with E-state index in [0.29, 0.717) is 24.5 Å². The summed E-state index contributed by atoms with van der Waals surface area (Å²) in [4.78, 5) is 18.4. The molecular formula is C20H27N3O4. The lowest BCUT2D eigenvalue weighted by Crippen LogP contribution is -2.31. The number of aromatic nitrogens is 2. The van der Waals surface area contributed by atoms with Gasteiger partial charge in [0.15, 0.2) is 5.76 Å². The minimum absolute atomic E-state index is 0.152. The molecule has 7 nitrogen and oxygen atoms in total. The SMILES string of the molecule is CCCCCC1=C(O)C(=O)N(CCCn2ccnc2)C1c1ccc(CO)o1. The van der Waals surface area contributed by atoms with Crippen molar-refractivity contribution in [2.45, 2.75) is 58.2 Å². The molecule has 0 spiro atoms. The molecule has 7 heteroatoms. The molecule has 0 bridgehead atoms. The number of aryl methyl sites for hydroxylation is 1. The number of aliphatic hydroxyl groups excluding tert-OH is 2. The second-order valence-electron chi connectivity index (χ2n) is 6.85. The molecule has 0 fully saturated rings. The summed E-state index contributed by atoms with van der Waals surface area (Å²) in [5.41, 5.74) is 0.718. The van der Waals surface area contributed by atoms with Crippen LogP contribution in [0, 0.1) is 0 Å². The van der Waals surface area contributed by atoms with Crippen molar-refractivity contribution in [1.29, 1.82) is 0 Å². The van der Waals surface area contributed by atoms with Gasteiger partial charge in [-0.3, -0.25) is 4.79 Å². The number of nitrogens with zero attached hydrogens (tertiary/aromatic N) is 3. The van der Waals surface area contributed by atoms with Crippen LogP contribution in [-0.4, -0.2) is 37.1 Å². The number of rotatable bonds is 10. The highest BCUT2D eigenvalue weighted by Gasteiger charge is 2.41. The summed E-state index contributed by atoms with van der Waals surface area (Å²) in [6.45, 7) is 3.16. The summed E-state index contributed by atoms with van der Waals surface area (Å²) in [5, 5.41) is 19.8. The van der Waals surface area contributed by atoms with Crippen LogP contribution in [0.1, 0.15) is 56.6 Å². The van der Waals surface area contributed by atoms with Crippen LogP contribution >= 0.6 is 0 Å². The van der Waals surface area contributed by atoms with Crippen LogP contribution in [0.15, 0.2) is 46.6 Å². The minimum atomic E-state index is -0.405. The molecule has 0 saturated heterocycles. The summed E-state index contributed by atoms with van der Waals surface area (Å²) in [5.74, 6) is 0.542. The first-order valence-electron chi connectivity index (χ1n) is 9.53. The zero-order chi connectivity index (χ0) is 19.2. The molecule has 0 saturated carbocycles. The van der Waals surface area contributed by atoms with Crippen LogP contribution in [0.25, 0.3) is 0 Å². The maximum atomic E-state index is 12.7. The zero-order valence-electron chi connectivity index (χ0n) is 15.7. The van der Waals surface area contributed by atoms with Crippen LogP contribution in [0.2, 0.25) is 0 Å². The molecule has 1 unspecified atom stereocenters. The van der Waals surface area contributed by atoms with Crippen molar-refractivity contribution >= 4 is 5.91 Å². The molecule has 2 aromatic heterocycles. The molecular weight excluding hydrogens is 346 g/mol. The van der Waals surface area contributed by atoms with Crippen LogP contribution in [0.3, 0.4) is 0 Å². The Kier molecular flexibility index (Phi) is 6.34. The van der Waals surface area contributed by atoms with Gasteiger partial charge in [0.1, 0.15) is 24.2 Å². The third-order valence-electron chi connectivity index (χ3n) is 4.94. The number of imidazole rings is 1. The highest BCUT2D eigenvalue weighted by atomic mass is 16.4. The number of unbranched alkanes of at least 4 members (excludes halogenated alkanes) is 2. The predicted molar refractivity (Wildman–Crippen MR) is 99.7 cm³/mol. The van der Waals surface area contributed by atoms with Gasteiger partial charge in [-0.05, 0) is 31.4 Å². The Morgan fingerprint density at radius 1 is 1.22 bits per heavy atom. The molecule has 1 atom stereocenters. The lowest BCUT2D eigenvalue weighted by atomic mass is 9.99. The largest absolute Gasteiger partial charge is 0.503 e. The summed E-state index contributed by atoms with van der Waals surface area (Å²) in [6.07, 6.45) is 9.77. The van der Waals surface area contributed by atoms with Crippen molar-refractivity contribution in [3.63, 3.8) is 0 Å².